The van der Waals surface area contributed by atoms with Gasteiger partial charge in [0.05, 0.1) is 31.0 Å². The number of benzene rings is 3. The number of aromatic nitrogens is 1. The number of nitrogens with zero attached hydrogens (tertiary/aromatic N) is 2. The highest BCUT2D eigenvalue weighted by molar-refractivity contribution is 7.81. The highest BCUT2D eigenvalue weighted by Gasteiger charge is 2.28. The number of methoxy groups -OCH3 is 2. The SMILES string of the molecule is COC(=O)C(C)n1cc(C=C2C(=O)ON=C2c2ccc(NS(=O)Oc3cccc(C(=O)OCCC(C)OC)c3)cc2)c2ccccc21. The van der Waals surface area contributed by atoms with E-state index in [2.05, 4.69) is 9.88 Å². The molecule has 0 aliphatic carbocycles. The maximum Gasteiger partial charge on any atom is 0.368 e. The van der Waals surface area contributed by atoms with Crippen LogP contribution in [0, 0.1) is 0 Å². The molecule has 4 aromatic rings. The molecule has 0 spiro atoms. The Balaban J connectivity index is 1.27. The fourth-order valence-corrected chi connectivity index (χ4v) is 5.47. The number of carbonyl (C=O) groups excluding carboxylic acids is 3. The van der Waals surface area contributed by atoms with Gasteiger partial charge in [-0.2, -0.15) is 4.21 Å². The van der Waals surface area contributed by atoms with Gasteiger partial charge in [-0.25, -0.2) is 14.4 Å². The minimum atomic E-state index is -2.00. The lowest BCUT2D eigenvalue weighted by molar-refractivity contribution is -0.144. The van der Waals surface area contributed by atoms with E-state index in [4.69, 9.17) is 23.2 Å². The van der Waals surface area contributed by atoms with Crippen molar-refractivity contribution in [2.45, 2.75) is 32.4 Å². The van der Waals surface area contributed by atoms with Gasteiger partial charge in [-0.15, -0.1) is 0 Å². The van der Waals surface area contributed by atoms with Crippen LogP contribution in [0.5, 0.6) is 5.75 Å². The molecule has 3 unspecified atom stereocenters. The molecule has 0 radical (unpaired) electrons. The third-order valence-electron chi connectivity index (χ3n) is 7.49. The largest absolute Gasteiger partial charge is 0.467 e. The number of esters is 2. The number of hydrogen-bond acceptors (Lipinski definition) is 10. The molecule has 0 fully saturated rings. The zero-order chi connectivity index (χ0) is 33.5. The highest BCUT2D eigenvalue weighted by atomic mass is 32.2. The smallest absolute Gasteiger partial charge is 0.368 e. The van der Waals surface area contributed by atoms with Crippen molar-refractivity contribution in [3.05, 3.63) is 101 Å². The normalized spacial score (nSPS) is 15.4. The van der Waals surface area contributed by atoms with E-state index in [0.717, 1.165) is 10.9 Å². The summed E-state index contributed by atoms with van der Waals surface area (Å²) < 4.78 is 38.1. The van der Waals surface area contributed by atoms with E-state index >= 15 is 0 Å². The molecule has 0 saturated heterocycles. The summed E-state index contributed by atoms with van der Waals surface area (Å²) in [6.07, 6.45) is 3.98. The van der Waals surface area contributed by atoms with Crippen molar-refractivity contribution in [1.82, 2.24) is 4.57 Å². The molecular weight excluding hydrogens is 626 g/mol. The fraction of sp³-hybridized carbons (Fsp3) is 0.235. The van der Waals surface area contributed by atoms with Crippen LogP contribution >= 0.6 is 0 Å². The predicted molar refractivity (Wildman–Crippen MR) is 176 cm³/mol. The van der Waals surface area contributed by atoms with Crippen molar-refractivity contribution in [3.8, 4) is 5.75 Å². The lowest BCUT2D eigenvalue weighted by Crippen LogP contribution is -2.16. The maximum atomic E-state index is 12.7. The zero-order valence-corrected chi connectivity index (χ0v) is 26.9. The first kappa shape index (κ1) is 33.1. The second-order valence-corrected chi connectivity index (χ2v) is 11.4. The Kier molecular flexibility index (Phi) is 10.5. The summed E-state index contributed by atoms with van der Waals surface area (Å²) in [7, 11) is 2.92. The highest BCUT2D eigenvalue weighted by Crippen LogP contribution is 2.29. The Morgan fingerprint density at radius 1 is 1.04 bits per heavy atom. The lowest BCUT2D eigenvalue weighted by Gasteiger charge is -2.12. The second kappa shape index (κ2) is 14.9. The number of hydrogen-bond donors (Lipinski definition) is 1. The minimum absolute atomic E-state index is 0.0378. The average molecular weight is 660 g/mol. The van der Waals surface area contributed by atoms with Gasteiger partial charge in [0.1, 0.15) is 17.5 Å². The van der Waals surface area contributed by atoms with E-state index < -0.39 is 35.2 Å². The summed E-state index contributed by atoms with van der Waals surface area (Å²) in [5, 5.41) is 4.83. The van der Waals surface area contributed by atoms with E-state index in [1.54, 1.807) is 73.3 Å². The number of rotatable bonds is 13. The molecular formula is C34H33N3O9S. The van der Waals surface area contributed by atoms with Gasteiger partial charge in [-0.05, 0) is 56.3 Å². The summed E-state index contributed by atoms with van der Waals surface area (Å²) in [4.78, 5) is 42.4. The molecule has 3 atom stereocenters. The number of carbonyl (C=O) groups is 3. The van der Waals surface area contributed by atoms with Crippen LogP contribution in [0.15, 0.2) is 89.7 Å². The number of ether oxygens (including phenoxy) is 3. The Labute approximate surface area is 273 Å². The lowest BCUT2D eigenvalue weighted by atomic mass is 10.0. The van der Waals surface area contributed by atoms with Crippen molar-refractivity contribution in [1.29, 1.82) is 0 Å². The van der Waals surface area contributed by atoms with E-state index in [-0.39, 0.29) is 29.6 Å². The third-order valence-corrected chi connectivity index (χ3v) is 8.23. The van der Waals surface area contributed by atoms with Crippen LogP contribution in [-0.4, -0.2) is 59.3 Å². The van der Waals surface area contributed by atoms with Gasteiger partial charge in [-0.1, -0.05) is 41.6 Å². The summed E-state index contributed by atoms with van der Waals surface area (Å²) >= 11 is -2.00. The molecule has 13 heteroatoms. The molecule has 12 nitrogen and oxygen atoms in total. The van der Waals surface area contributed by atoms with Crippen LogP contribution in [0.4, 0.5) is 5.69 Å². The van der Waals surface area contributed by atoms with Gasteiger partial charge in [0.15, 0.2) is 0 Å². The van der Waals surface area contributed by atoms with Crippen LogP contribution in [0.25, 0.3) is 17.0 Å². The van der Waals surface area contributed by atoms with Crippen molar-refractivity contribution in [3.63, 3.8) is 0 Å². The summed E-state index contributed by atoms with van der Waals surface area (Å²) in [6.45, 7) is 3.82. The molecule has 47 heavy (non-hydrogen) atoms. The number of oxime groups is 1. The van der Waals surface area contributed by atoms with Crippen molar-refractivity contribution in [2.24, 2.45) is 5.16 Å². The molecule has 0 bridgehead atoms. The monoisotopic (exact) mass is 659 g/mol. The van der Waals surface area contributed by atoms with E-state index in [1.165, 1.54) is 13.2 Å². The van der Waals surface area contributed by atoms with Crippen LogP contribution in [0.1, 0.15) is 47.8 Å². The molecule has 2 heterocycles. The van der Waals surface area contributed by atoms with E-state index in [0.29, 0.717) is 28.9 Å². The van der Waals surface area contributed by atoms with E-state index in [9.17, 15) is 18.6 Å². The second-order valence-electron chi connectivity index (χ2n) is 10.6. The Hall–Kier alpha value is -5.27. The molecule has 1 N–H and O–H groups in total. The quantitative estimate of drug-likeness (QED) is 0.114. The summed E-state index contributed by atoms with van der Waals surface area (Å²) in [5.74, 6) is -1.34. The van der Waals surface area contributed by atoms with Gasteiger partial charge < -0.3 is 27.8 Å². The summed E-state index contributed by atoms with van der Waals surface area (Å²) in [5.41, 5.74) is 3.35. The number of anilines is 1. The topological polar surface area (TPSA) is 144 Å². The average Bonchev–Trinajstić information content (AvgIpc) is 3.64. The molecule has 0 amide bonds. The van der Waals surface area contributed by atoms with Crippen molar-refractivity contribution in [2.75, 3.05) is 25.5 Å². The minimum Gasteiger partial charge on any atom is -0.467 e. The molecule has 1 aromatic heterocycles. The molecule has 3 aromatic carbocycles. The van der Waals surface area contributed by atoms with Crippen LogP contribution in [0.2, 0.25) is 0 Å². The van der Waals surface area contributed by atoms with Crippen molar-refractivity contribution >= 4 is 57.6 Å². The van der Waals surface area contributed by atoms with Gasteiger partial charge in [0.25, 0.3) is 0 Å². The number of para-hydroxylation sites is 1. The predicted octanol–water partition coefficient (Wildman–Crippen LogP) is 5.37. The third kappa shape index (κ3) is 7.76. The first-order valence-electron chi connectivity index (χ1n) is 14.6. The zero-order valence-electron chi connectivity index (χ0n) is 26.1. The standard InChI is InChI=1S/C34H33N3O9S/c1-21(42-3)16-17-44-33(39)24-8-7-9-27(18-24)46-47(41)36-26-14-12-23(13-15-26)31-29(34(40)45-35-31)19-25-20-37(22(2)32(38)43-4)30-11-6-5-10-28(25)30/h5-15,18-22,36H,16-17H2,1-4H3. The Bertz CT molecular complexity index is 1880. The maximum absolute atomic E-state index is 12.7. The molecule has 1 aliphatic heterocycles. The molecule has 5 rings (SSSR count). The van der Waals surface area contributed by atoms with Crippen LogP contribution < -0.4 is 8.91 Å². The van der Waals surface area contributed by atoms with E-state index in [1.807, 2.05) is 31.2 Å². The van der Waals surface area contributed by atoms with Gasteiger partial charge >= 0.3 is 29.2 Å². The number of fused-ring (bicyclic) bond motifs is 1. The van der Waals surface area contributed by atoms with Crippen LogP contribution in [0.3, 0.4) is 0 Å². The van der Waals surface area contributed by atoms with Gasteiger partial charge in [0.2, 0.25) is 0 Å². The fourth-order valence-electron chi connectivity index (χ4n) is 4.82. The Morgan fingerprint density at radius 3 is 2.55 bits per heavy atom. The van der Waals surface area contributed by atoms with Gasteiger partial charge in [-0.3, -0.25) is 4.72 Å². The van der Waals surface area contributed by atoms with Crippen molar-refractivity contribution < 1.29 is 41.8 Å². The summed E-state index contributed by atoms with van der Waals surface area (Å²) in [6, 6.07) is 19.8. The van der Waals surface area contributed by atoms with Gasteiger partial charge in [0, 0.05) is 47.4 Å². The first-order chi connectivity index (χ1) is 22.7. The molecule has 1 aliphatic rings. The number of nitrogens with one attached hydrogen (secondary N) is 1. The molecule has 0 saturated carbocycles. The first-order valence-corrected chi connectivity index (χ1v) is 15.7. The Morgan fingerprint density at radius 2 is 1.81 bits per heavy atom. The van der Waals surface area contributed by atoms with Crippen LogP contribution in [-0.2, 0) is 39.9 Å². The molecule has 244 valence electrons.